The number of alkyl halides is 3. The van der Waals surface area contributed by atoms with E-state index in [1.807, 2.05) is 6.92 Å². The SMILES string of the molecule is CCCC(Cl)(Cl)C(Cl)C(=O)O. The lowest BCUT2D eigenvalue weighted by Crippen LogP contribution is -2.33. The first-order valence-corrected chi connectivity index (χ1v) is 4.35. The van der Waals surface area contributed by atoms with Crippen LogP contribution >= 0.6 is 34.8 Å². The van der Waals surface area contributed by atoms with Gasteiger partial charge in [0.2, 0.25) is 0 Å². The molecule has 0 rings (SSSR count). The van der Waals surface area contributed by atoms with E-state index < -0.39 is 15.7 Å². The summed E-state index contributed by atoms with van der Waals surface area (Å²) in [7, 11) is 0. The highest BCUT2D eigenvalue weighted by atomic mass is 35.5. The van der Waals surface area contributed by atoms with Crippen molar-refractivity contribution in [2.24, 2.45) is 0 Å². The third kappa shape index (κ3) is 3.50. The van der Waals surface area contributed by atoms with Gasteiger partial charge in [-0.3, -0.25) is 4.79 Å². The van der Waals surface area contributed by atoms with Gasteiger partial charge in [-0.15, -0.1) is 11.6 Å². The van der Waals surface area contributed by atoms with Crippen LogP contribution in [0.1, 0.15) is 19.8 Å². The van der Waals surface area contributed by atoms with E-state index >= 15 is 0 Å². The van der Waals surface area contributed by atoms with Crippen molar-refractivity contribution in [3.8, 4) is 0 Å². The van der Waals surface area contributed by atoms with E-state index in [1.54, 1.807) is 0 Å². The van der Waals surface area contributed by atoms with Crippen LogP contribution in [0.2, 0.25) is 0 Å². The molecular formula is C6H9Cl3O2. The van der Waals surface area contributed by atoms with E-state index in [0.717, 1.165) is 0 Å². The van der Waals surface area contributed by atoms with Crippen LogP contribution < -0.4 is 0 Å². The molecule has 1 N–H and O–H groups in total. The number of hydrogen-bond donors (Lipinski definition) is 1. The van der Waals surface area contributed by atoms with E-state index in [1.165, 1.54) is 0 Å². The molecule has 0 aliphatic rings. The van der Waals surface area contributed by atoms with Crippen molar-refractivity contribution in [3.63, 3.8) is 0 Å². The van der Waals surface area contributed by atoms with Gasteiger partial charge in [0, 0.05) is 0 Å². The third-order valence-corrected chi connectivity index (χ3v) is 2.77. The molecule has 0 saturated carbocycles. The van der Waals surface area contributed by atoms with E-state index in [4.69, 9.17) is 39.9 Å². The van der Waals surface area contributed by atoms with Gasteiger partial charge in [0.25, 0.3) is 0 Å². The van der Waals surface area contributed by atoms with Crippen LogP contribution in [-0.4, -0.2) is 20.8 Å². The van der Waals surface area contributed by atoms with Crippen molar-refractivity contribution in [2.45, 2.75) is 29.5 Å². The van der Waals surface area contributed by atoms with Gasteiger partial charge in [-0.05, 0) is 6.42 Å². The summed E-state index contributed by atoms with van der Waals surface area (Å²) in [5.41, 5.74) is 0. The topological polar surface area (TPSA) is 37.3 Å². The molecule has 0 saturated heterocycles. The fourth-order valence-electron chi connectivity index (χ4n) is 0.641. The van der Waals surface area contributed by atoms with Crippen LogP contribution in [0.5, 0.6) is 0 Å². The third-order valence-electron chi connectivity index (χ3n) is 1.17. The minimum absolute atomic E-state index is 0.372. The first-order chi connectivity index (χ1) is 4.91. The maximum atomic E-state index is 10.3. The monoisotopic (exact) mass is 218 g/mol. The molecular weight excluding hydrogens is 210 g/mol. The quantitative estimate of drug-likeness (QED) is 0.738. The molecule has 0 aliphatic heterocycles. The largest absolute Gasteiger partial charge is 0.480 e. The van der Waals surface area contributed by atoms with Crippen molar-refractivity contribution < 1.29 is 9.90 Å². The maximum Gasteiger partial charge on any atom is 0.324 e. The van der Waals surface area contributed by atoms with Crippen LogP contribution in [0.3, 0.4) is 0 Å². The number of carboxylic acid groups (broad SMARTS) is 1. The number of hydrogen-bond acceptors (Lipinski definition) is 1. The molecule has 0 aromatic rings. The zero-order valence-electron chi connectivity index (χ0n) is 5.98. The van der Waals surface area contributed by atoms with Gasteiger partial charge >= 0.3 is 5.97 Å². The maximum absolute atomic E-state index is 10.3. The molecule has 0 radical (unpaired) electrons. The molecule has 66 valence electrons. The van der Waals surface area contributed by atoms with Gasteiger partial charge in [0.15, 0.2) is 5.38 Å². The second-order valence-corrected chi connectivity index (χ2v) is 4.19. The Bertz CT molecular complexity index is 147. The second-order valence-electron chi connectivity index (χ2n) is 2.21. The van der Waals surface area contributed by atoms with Gasteiger partial charge in [0.1, 0.15) is 4.33 Å². The summed E-state index contributed by atoms with van der Waals surface area (Å²) < 4.78 is -1.36. The smallest absolute Gasteiger partial charge is 0.324 e. The van der Waals surface area contributed by atoms with Crippen molar-refractivity contribution in [1.29, 1.82) is 0 Å². The number of carboxylic acids is 1. The zero-order valence-corrected chi connectivity index (χ0v) is 8.25. The number of carbonyl (C=O) groups is 1. The summed E-state index contributed by atoms with van der Waals surface area (Å²) >= 11 is 16.7. The highest BCUT2D eigenvalue weighted by Gasteiger charge is 2.37. The molecule has 0 bridgehead atoms. The second kappa shape index (κ2) is 4.39. The predicted molar refractivity (Wildman–Crippen MR) is 46.6 cm³/mol. The summed E-state index contributed by atoms with van der Waals surface area (Å²) in [6.45, 7) is 1.85. The highest BCUT2D eigenvalue weighted by molar-refractivity contribution is 6.54. The Hall–Kier alpha value is 0.340. The minimum atomic E-state index is -1.36. The molecule has 0 heterocycles. The summed E-state index contributed by atoms with van der Waals surface area (Å²) in [5, 5.41) is 7.20. The Labute approximate surface area is 80.4 Å². The average Bonchev–Trinajstić information content (AvgIpc) is 1.86. The lowest BCUT2D eigenvalue weighted by Gasteiger charge is -2.20. The normalized spacial score (nSPS) is 14.5. The Kier molecular flexibility index (Phi) is 4.52. The molecule has 2 nitrogen and oxygen atoms in total. The lowest BCUT2D eigenvalue weighted by atomic mass is 10.2. The van der Waals surface area contributed by atoms with Crippen LogP contribution in [0.4, 0.5) is 0 Å². The molecule has 1 atom stereocenters. The first kappa shape index (κ1) is 11.3. The fourth-order valence-corrected chi connectivity index (χ4v) is 1.31. The van der Waals surface area contributed by atoms with Gasteiger partial charge in [-0.1, -0.05) is 36.5 Å². The molecule has 1 unspecified atom stereocenters. The first-order valence-electron chi connectivity index (χ1n) is 3.16. The zero-order chi connectivity index (χ0) is 9.07. The Morgan fingerprint density at radius 1 is 1.64 bits per heavy atom. The van der Waals surface area contributed by atoms with Crippen molar-refractivity contribution in [2.75, 3.05) is 0 Å². The minimum Gasteiger partial charge on any atom is -0.480 e. The fraction of sp³-hybridized carbons (Fsp3) is 0.833. The van der Waals surface area contributed by atoms with E-state index in [0.29, 0.717) is 12.8 Å². The van der Waals surface area contributed by atoms with Gasteiger partial charge in [0.05, 0.1) is 0 Å². The summed E-state index contributed by atoms with van der Waals surface area (Å²) in [4.78, 5) is 10.3. The van der Waals surface area contributed by atoms with Crippen LogP contribution in [0.15, 0.2) is 0 Å². The predicted octanol–water partition coefficient (Wildman–Crippen LogP) is 2.65. The Balaban J connectivity index is 4.16. The van der Waals surface area contributed by atoms with Crippen molar-refractivity contribution in [3.05, 3.63) is 0 Å². The Morgan fingerprint density at radius 3 is 2.36 bits per heavy atom. The average molecular weight is 219 g/mol. The summed E-state index contributed by atoms with van der Waals surface area (Å²) in [6.07, 6.45) is 1.07. The molecule has 0 amide bonds. The highest BCUT2D eigenvalue weighted by Crippen LogP contribution is 2.34. The Morgan fingerprint density at radius 2 is 2.09 bits per heavy atom. The van der Waals surface area contributed by atoms with Gasteiger partial charge in [-0.25, -0.2) is 0 Å². The van der Waals surface area contributed by atoms with E-state index in [-0.39, 0.29) is 0 Å². The van der Waals surface area contributed by atoms with E-state index in [2.05, 4.69) is 0 Å². The van der Waals surface area contributed by atoms with Gasteiger partial charge < -0.3 is 5.11 Å². The van der Waals surface area contributed by atoms with Crippen LogP contribution in [-0.2, 0) is 4.79 Å². The molecule has 0 aromatic heterocycles. The molecule has 0 spiro atoms. The van der Waals surface area contributed by atoms with Gasteiger partial charge in [-0.2, -0.15) is 0 Å². The number of aliphatic carboxylic acids is 1. The summed E-state index contributed by atoms with van der Waals surface area (Å²) in [6, 6.07) is 0. The van der Waals surface area contributed by atoms with Crippen molar-refractivity contribution >= 4 is 40.8 Å². The number of rotatable bonds is 4. The molecule has 0 fully saturated rings. The van der Waals surface area contributed by atoms with Crippen LogP contribution in [0.25, 0.3) is 0 Å². The summed E-state index contributed by atoms with van der Waals surface area (Å²) in [5.74, 6) is -1.19. The molecule has 5 heteroatoms. The van der Waals surface area contributed by atoms with Crippen LogP contribution in [0, 0.1) is 0 Å². The lowest BCUT2D eigenvalue weighted by molar-refractivity contribution is -0.136. The van der Waals surface area contributed by atoms with E-state index in [9.17, 15) is 4.79 Å². The molecule has 0 aromatic carbocycles. The standard InChI is InChI=1S/C6H9Cl3O2/c1-2-3-6(8,9)4(7)5(10)11/h4H,2-3H2,1H3,(H,10,11). The molecule has 11 heavy (non-hydrogen) atoms. The number of halogens is 3. The molecule has 0 aliphatic carbocycles. The van der Waals surface area contributed by atoms with Crippen molar-refractivity contribution in [1.82, 2.24) is 0 Å².